The number of hydrogen-bond acceptors (Lipinski definition) is 3. The summed E-state index contributed by atoms with van der Waals surface area (Å²) < 4.78 is 0. The van der Waals surface area contributed by atoms with E-state index in [2.05, 4.69) is 9.88 Å². The van der Waals surface area contributed by atoms with E-state index in [9.17, 15) is 4.79 Å². The summed E-state index contributed by atoms with van der Waals surface area (Å²) >= 11 is 6.13. The fraction of sp³-hybridized carbons (Fsp3) is 0.250. The van der Waals surface area contributed by atoms with Gasteiger partial charge in [-0.05, 0) is 37.3 Å². The Morgan fingerprint density at radius 2 is 2.10 bits per heavy atom. The summed E-state index contributed by atoms with van der Waals surface area (Å²) in [5.74, 6) is -0.0160. The van der Waals surface area contributed by atoms with Crippen LogP contribution >= 0.6 is 11.6 Å². The molecule has 3 nitrogen and oxygen atoms in total. The monoisotopic (exact) mass is 288 g/mol. The molecule has 0 N–H and O–H groups in total. The Kier molecular flexibility index (Phi) is 4.74. The smallest absolute Gasteiger partial charge is 0.161 e. The molecule has 2 rings (SSSR count). The van der Waals surface area contributed by atoms with Crippen molar-refractivity contribution in [1.29, 1.82) is 0 Å². The standard InChI is InChI=1S/C16H17ClN2O/c1-12(20)15-7-6-14(11-16(15)17)19(2)10-8-13-5-3-4-9-18-13/h3-7,9,11H,8,10H2,1-2H3. The van der Waals surface area contributed by atoms with Crippen molar-refractivity contribution < 1.29 is 4.79 Å². The predicted octanol–water partition coefficient (Wildman–Crippen LogP) is 3.62. The van der Waals surface area contributed by atoms with Crippen LogP contribution in [0, 0.1) is 0 Å². The van der Waals surface area contributed by atoms with Crippen molar-refractivity contribution in [2.75, 3.05) is 18.5 Å². The topological polar surface area (TPSA) is 33.2 Å². The lowest BCUT2D eigenvalue weighted by molar-refractivity contribution is 0.101. The molecule has 0 amide bonds. The minimum atomic E-state index is -0.0160. The first kappa shape index (κ1) is 14.5. The average molecular weight is 289 g/mol. The number of pyridine rings is 1. The summed E-state index contributed by atoms with van der Waals surface area (Å²) in [7, 11) is 2.00. The average Bonchev–Trinajstić information content (AvgIpc) is 2.45. The van der Waals surface area contributed by atoms with Gasteiger partial charge in [0.05, 0.1) is 5.02 Å². The van der Waals surface area contributed by atoms with E-state index in [0.29, 0.717) is 10.6 Å². The largest absolute Gasteiger partial charge is 0.374 e. The second kappa shape index (κ2) is 6.53. The molecule has 1 aromatic carbocycles. The van der Waals surface area contributed by atoms with E-state index >= 15 is 0 Å². The van der Waals surface area contributed by atoms with Gasteiger partial charge in [-0.1, -0.05) is 17.7 Å². The maximum Gasteiger partial charge on any atom is 0.161 e. The van der Waals surface area contributed by atoms with Crippen LogP contribution in [-0.2, 0) is 6.42 Å². The van der Waals surface area contributed by atoms with Crippen molar-refractivity contribution in [3.63, 3.8) is 0 Å². The molecule has 0 radical (unpaired) electrons. The van der Waals surface area contributed by atoms with Gasteiger partial charge < -0.3 is 4.90 Å². The molecule has 1 aromatic heterocycles. The number of Topliss-reactive ketones (excluding diaryl/α,β-unsaturated/α-hetero) is 1. The van der Waals surface area contributed by atoms with Gasteiger partial charge >= 0.3 is 0 Å². The number of ketones is 1. The van der Waals surface area contributed by atoms with E-state index in [4.69, 9.17) is 11.6 Å². The number of likely N-dealkylation sites (N-methyl/N-ethyl adjacent to an activating group) is 1. The third kappa shape index (κ3) is 3.58. The number of hydrogen-bond donors (Lipinski definition) is 0. The third-order valence-corrected chi connectivity index (χ3v) is 3.51. The predicted molar refractivity (Wildman–Crippen MR) is 82.7 cm³/mol. The molecule has 0 unspecified atom stereocenters. The van der Waals surface area contributed by atoms with Gasteiger partial charge in [0.2, 0.25) is 0 Å². The minimum Gasteiger partial charge on any atom is -0.374 e. The quantitative estimate of drug-likeness (QED) is 0.788. The molecular formula is C16H17ClN2O. The molecule has 0 bridgehead atoms. The van der Waals surface area contributed by atoms with Crippen LogP contribution in [0.25, 0.3) is 0 Å². The lowest BCUT2D eigenvalue weighted by atomic mass is 10.1. The molecule has 1 heterocycles. The minimum absolute atomic E-state index is 0.0160. The molecule has 4 heteroatoms. The Morgan fingerprint density at radius 3 is 2.70 bits per heavy atom. The summed E-state index contributed by atoms with van der Waals surface area (Å²) in [5, 5.41) is 0.500. The third-order valence-electron chi connectivity index (χ3n) is 3.20. The van der Waals surface area contributed by atoms with Gasteiger partial charge in [-0.15, -0.1) is 0 Å². The summed E-state index contributed by atoms with van der Waals surface area (Å²) in [6.07, 6.45) is 2.66. The molecule has 20 heavy (non-hydrogen) atoms. The molecule has 0 aliphatic carbocycles. The van der Waals surface area contributed by atoms with Crippen LogP contribution in [-0.4, -0.2) is 24.4 Å². The molecule has 0 aliphatic rings. The van der Waals surface area contributed by atoms with Gasteiger partial charge in [-0.3, -0.25) is 9.78 Å². The van der Waals surface area contributed by atoms with Crippen molar-refractivity contribution in [3.05, 3.63) is 58.9 Å². The number of carbonyl (C=O) groups is 1. The van der Waals surface area contributed by atoms with Gasteiger partial charge in [0.15, 0.2) is 5.78 Å². The second-order valence-electron chi connectivity index (χ2n) is 4.71. The molecule has 0 aliphatic heterocycles. The molecule has 0 saturated carbocycles. The van der Waals surface area contributed by atoms with Crippen LogP contribution in [0.4, 0.5) is 5.69 Å². The van der Waals surface area contributed by atoms with E-state index in [1.165, 1.54) is 6.92 Å². The zero-order chi connectivity index (χ0) is 14.5. The van der Waals surface area contributed by atoms with Crippen LogP contribution < -0.4 is 4.90 Å². The first-order valence-corrected chi connectivity index (χ1v) is 6.87. The summed E-state index contributed by atoms with van der Waals surface area (Å²) in [5.41, 5.74) is 2.62. The Morgan fingerprint density at radius 1 is 1.30 bits per heavy atom. The molecule has 104 valence electrons. The maximum absolute atomic E-state index is 11.4. The highest BCUT2D eigenvalue weighted by atomic mass is 35.5. The number of aromatic nitrogens is 1. The van der Waals surface area contributed by atoms with Crippen molar-refractivity contribution in [2.24, 2.45) is 0 Å². The fourth-order valence-electron chi connectivity index (χ4n) is 1.98. The van der Waals surface area contributed by atoms with E-state index in [1.807, 2.05) is 37.4 Å². The molecule has 0 fully saturated rings. The highest BCUT2D eigenvalue weighted by Gasteiger charge is 2.08. The zero-order valence-corrected chi connectivity index (χ0v) is 12.4. The number of carbonyl (C=O) groups excluding carboxylic acids is 1. The fourth-order valence-corrected chi connectivity index (χ4v) is 2.29. The van der Waals surface area contributed by atoms with Crippen molar-refractivity contribution >= 4 is 23.1 Å². The lowest BCUT2D eigenvalue weighted by Gasteiger charge is -2.19. The summed E-state index contributed by atoms with van der Waals surface area (Å²) in [6.45, 7) is 2.36. The van der Waals surface area contributed by atoms with E-state index < -0.39 is 0 Å². The van der Waals surface area contributed by atoms with Crippen LogP contribution in [0.3, 0.4) is 0 Å². The van der Waals surface area contributed by atoms with Crippen molar-refractivity contribution in [3.8, 4) is 0 Å². The van der Waals surface area contributed by atoms with Gasteiger partial charge in [0.1, 0.15) is 0 Å². The van der Waals surface area contributed by atoms with Gasteiger partial charge in [-0.25, -0.2) is 0 Å². The molecule has 0 saturated heterocycles. The molecule has 0 spiro atoms. The summed E-state index contributed by atoms with van der Waals surface area (Å²) in [6, 6.07) is 11.4. The van der Waals surface area contributed by atoms with E-state index in [-0.39, 0.29) is 5.78 Å². The number of halogens is 1. The highest BCUT2D eigenvalue weighted by Crippen LogP contribution is 2.23. The highest BCUT2D eigenvalue weighted by molar-refractivity contribution is 6.34. The molecular weight excluding hydrogens is 272 g/mol. The Bertz CT molecular complexity index is 599. The van der Waals surface area contributed by atoms with Crippen LogP contribution in [0.5, 0.6) is 0 Å². The van der Waals surface area contributed by atoms with E-state index in [0.717, 1.165) is 24.3 Å². The Labute approximate surface area is 124 Å². The SMILES string of the molecule is CC(=O)c1ccc(N(C)CCc2ccccn2)cc1Cl. The van der Waals surface area contributed by atoms with Crippen molar-refractivity contribution in [2.45, 2.75) is 13.3 Å². The van der Waals surface area contributed by atoms with Gasteiger partial charge in [-0.2, -0.15) is 0 Å². The van der Waals surface area contributed by atoms with Gasteiger partial charge in [0.25, 0.3) is 0 Å². The zero-order valence-electron chi connectivity index (χ0n) is 11.6. The normalized spacial score (nSPS) is 10.3. The molecule has 0 atom stereocenters. The number of nitrogens with zero attached hydrogens (tertiary/aromatic N) is 2. The van der Waals surface area contributed by atoms with Crippen molar-refractivity contribution in [1.82, 2.24) is 4.98 Å². The maximum atomic E-state index is 11.4. The number of anilines is 1. The molecule has 2 aromatic rings. The Balaban J connectivity index is 2.04. The van der Waals surface area contributed by atoms with Crippen LogP contribution in [0.15, 0.2) is 42.6 Å². The van der Waals surface area contributed by atoms with Crippen LogP contribution in [0.2, 0.25) is 5.02 Å². The number of benzene rings is 1. The van der Waals surface area contributed by atoms with Crippen LogP contribution in [0.1, 0.15) is 23.0 Å². The first-order chi connectivity index (χ1) is 9.58. The van der Waals surface area contributed by atoms with E-state index in [1.54, 1.807) is 12.3 Å². The Hall–Kier alpha value is -1.87. The first-order valence-electron chi connectivity index (χ1n) is 6.49. The second-order valence-corrected chi connectivity index (χ2v) is 5.12. The number of rotatable bonds is 5. The lowest BCUT2D eigenvalue weighted by Crippen LogP contribution is -2.20. The van der Waals surface area contributed by atoms with Gasteiger partial charge in [0, 0.05) is 43.2 Å². The summed E-state index contributed by atoms with van der Waals surface area (Å²) in [4.78, 5) is 17.8.